The minimum absolute atomic E-state index is 0.0972. The van der Waals surface area contributed by atoms with Crippen molar-refractivity contribution in [3.8, 4) is 5.75 Å². The molecule has 3 aromatic rings. The van der Waals surface area contributed by atoms with Crippen LogP contribution >= 0.6 is 0 Å². The van der Waals surface area contributed by atoms with E-state index in [0.717, 1.165) is 0 Å². The van der Waals surface area contributed by atoms with Crippen molar-refractivity contribution < 1.29 is 17.9 Å². The van der Waals surface area contributed by atoms with E-state index < -0.39 is 21.0 Å². The maximum atomic E-state index is 13.3. The molecule has 1 aliphatic rings. The Morgan fingerprint density at radius 3 is 2.41 bits per heavy atom. The van der Waals surface area contributed by atoms with Crippen LogP contribution in [0.4, 0.5) is 11.5 Å². The van der Waals surface area contributed by atoms with Gasteiger partial charge in [0, 0.05) is 11.8 Å². The van der Waals surface area contributed by atoms with Crippen LogP contribution in [0.3, 0.4) is 0 Å². The van der Waals surface area contributed by atoms with E-state index in [1.807, 2.05) is 0 Å². The minimum Gasteiger partial charge on any atom is -0.497 e. The summed E-state index contributed by atoms with van der Waals surface area (Å²) < 4.78 is 31.8. The number of benzene rings is 2. The first-order valence-electron chi connectivity index (χ1n) is 8.26. The number of hydrogen-bond donors (Lipinski definition) is 0. The van der Waals surface area contributed by atoms with Gasteiger partial charge in [0.15, 0.2) is 15.1 Å². The number of methoxy groups -OCH3 is 1. The Kier molecular flexibility index (Phi) is 4.16. The molecule has 1 aliphatic heterocycles. The molecule has 1 unspecified atom stereocenters. The number of sulfone groups is 1. The second kappa shape index (κ2) is 6.51. The van der Waals surface area contributed by atoms with Gasteiger partial charge in [-0.15, -0.1) is 0 Å². The highest BCUT2D eigenvalue weighted by molar-refractivity contribution is 7.92. The molecule has 0 saturated carbocycles. The molecule has 2 heterocycles. The topological polar surface area (TPSA) is 76.6 Å². The lowest BCUT2D eigenvalue weighted by atomic mass is 10.1. The first kappa shape index (κ1) is 17.2. The van der Waals surface area contributed by atoms with Gasteiger partial charge in [-0.25, -0.2) is 13.4 Å². The number of aromatic nitrogens is 1. The highest BCUT2D eigenvalue weighted by Crippen LogP contribution is 2.46. The average Bonchev–Trinajstić information content (AvgIpc) is 3.00. The van der Waals surface area contributed by atoms with Crippen molar-refractivity contribution in [2.24, 2.45) is 0 Å². The zero-order valence-electron chi connectivity index (χ0n) is 14.4. The third-order valence-corrected chi connectivity index (χ3v) is 6.47. The maximum Gasteiger partial charge on any atom is 0.256 e. The van der Waals surface area contributed by atoms with Crippen molar-refractivity contribution in [3.63, 3.8) is 0 Å². The van der Waals surface area contributed by atoms with Gasteiger partial charge >= 0.3 is 0 Å². The summed E-state index contributed by atoms with van der Waals surface area (Å²) >= 11 is 0. The van der Waals surface area contributed by atoms with Crippen LogP contribution in [0.15, 0.2) is 77.8 Å². The van der Waals surface area contributed by atoms with Crippen LogP contribution < -0.4 is 9.64 Å². The fourth-order valence-electron chi connectivity index (χ4n) is 3.21. The van der Waals surface area contributed by atoms with Gasteiger partial charge in [0.2, 0.25) is 0 Å². The normalized spacial score (nSPS) is 16.3. The van der Waals surface area contributed by atoms with Gasteiger partial charge in [-0.2, -0.15) is 0 Å². The molecule has 0 radical (unpaired) electrons. The van der Waals surface area contributed by atoms with E-state index in [0.29, 0.717) is 22.8 Å². The predicted molar refractivity (Wildman–Crippen MR) is 101 cm³/mol. The van der Waals surface area contributed by atoms with Crippen LogP contribution in [0.5, 0.6) is 5.75 Å². The largest absolute Gasteiger partial charge is 0.497 e. The summed E-state index contributed by atoms with van der Waals surface area (Å²) in [4.78, 5) is 18.9. The van der Waals surface area contributed by atoms with Crippen molar-refractivity contribution in [1.82, 2.24) is 4.98 Å². The number of carbonyl (C=O) groups excluding carboxylic acids is 1. The van der Waals surface area contributed by atoms with Gasteiger partial charge in [-0.3, -0.25) is 9.69 Å². The lowest BCUT2D eigenvalue weighted by Crippen LogP contribution is -2.28. The lowest BCUT2D eigenvalue weighted by Gasteiger charge is -2.17. The summed E-state index contributed by atoms with van der Waals surface area (Å²) in [7, 11) is -2.45. The zero-order valence-corrected chi connectivity index (χ0v) is 15.3. The number of rotatable bonds is 4. The average molecular weight is 380 g/mol. The molecule has 0 fully saturated rings. The third-order valence-electron chi connectivity index (χ3n) is 4.46. The quantitative estimate of drug-likeness (QED) is 0.694. The molecule has 27 heavy (non-hydrogen) atoms. The van der Waals surface area contributed by atoms with E-state index in [-0.39, 0.29) is 4.90 Å². The number of carbonyl (C=O) groups is 1. The molecule has 7 heteroatoms. The second-order valence-corrected chi connectivity index (χ2v) is 8.06. The first-order chi connectivity index (χ1) is 13.0. The summed E-state index contributed by atoms with van der Waals surface area (Å²) in [5, 5.41) is -1.35. The number of amides is 1. The fourth-order valence-corrected chi connectivity index (χ4v) is 4.91. The molecule has 4 rings (SSSR count). The van der Waals surface area contributed by atoms with E-state index in [2.05, 4.69) is 4.98 Å². The summed E-state index contributed by atoms with van der Waals surface area (Å²) in [6.07, 6.45) is 1.56. The van der Waals surface area contributed by atoms with Gasteiger partial charge in [0.05, 0.1) is 17.7 Å². The molecule has 6 nitrogen and oxygen atoms in total. The molecule has 136 valence electrons. The van der Waals surface area contributed by atoms with Crippen LogP contribution in [0, 0.1) is 0 Å². The van der Waals surface area contributed by atoms with Gasteiger partial charge < -0.3 is 4.74 Å². The van der Waals surface area contributed by atoms with Gasteiger partial charge in [0.25, 0.3) is 5.91 Å². The van der Waals surface area contributed by atoms with Gasteiger partial charge in [0.1, 0.15) is 11.6 Å². The van der Waals surface area contributed by atoms with Crippen LogP contribution in [0.25, 0.3) is 0 Å². The van der Waals surface area contributed by atoms with Crippen molar-refractivity contribution >= 4 is 27.2 Å². The van der Waals surface area contributed by atoms with Crippen molar-refractivity contribution in [2.45, 2.75) is 10.1 Å². The third kappa shape index (κ3) is 2.76. The standard InChI is InChI=1S/C20H16N2O4S/c1-26-14-10-11-17-16(13-14)19(27(24,25)15-7-3-2-4-8-15)20(23)22(17)18-9-5-6-12-21-18/h2-13,19H,1H3. The van der Waals surface area contributed by atoms with E-state index >= 15 is 0 Å². The Morgan fingerprint density at radius 2 is 1.74 bits per heavy atom. The van der Waals surface area contributed by atoms with Crippen LogP contribution in [-0.4, -0.2) is 26.4 Å². The molecule has 0 bridgehead atoms. The summed E-state index contributed by atoms with van der Waals surface area (Å²) in [6, 6.07) is 18.1. The molecule has 1 aromatic heterocycles. The van der Waals surface area contributed by atoms with E-state index in [1.165, 1.54) is 24.1 Å². The number of nitrogens with zero attached hydrogens (tertiary/aromatic N) is 2. The Hall–Kier alpha value is -3.19. The van der Waals surface area contributed by atoms with Crippen LogP contribution in [0.1, 0.15) is 10.8 Å². The summed E-state index contributed by atoms with van der Waals surface area (Å²) in [5.74, 6) is 0.304. The van der Waals surface area contributed by atoms with Gasteiger partial charge in [-0.05, 0) is 42.5 Å². The van der Waals surface area contributed by atoms with E-state index in [9.17, 15) is 13.2 Å². The minimum atomic E-state index is -3.94. The molecule has 0 saturated heterocycles. The molecular formula is C20H16N2O4S. The molecule has 0 N–H and O–H groups in total. The maximum absolute atomic E-state index is 13.3. The number of fused-ring (bicyclic) bond motifs is 1. The highest BCUT2D eigenvalue weighted by atomic mass is 32.2. The molecule has 0 aliphatic carbocycles. The zero-order chi connectivity index (χ0) is 19.0. The Balaban J connectivity index is 1.93. The number of ether oxygens (including phenoxy) is 1. The molecule has 0 spiro atoms. The molecule has 1 amide bonds. The van der Waals surface area contributed by atoms with Crippen LogP contribution in [-0.2, 0) is 14.6 Å². The Morgan fingerprint density at radius 1 is 1.00 bits per heavy atom. The highest BCUT2D eigenvalue weighted by Gasteiger charge is 2.47. The van der Waals surface area contributed by atoms with E-state index in [1.54, 1.807) is 60.8 Å². The Bertz CT molecular complexity index is 1100. The molecular weight excluding hydrogens is 364 g/mol. The lowest BCUT2D eigenvalue weighted by molar-refractivity contribution is -0.117. The predicted octanol–water partition coefficient (Wildman–Crippen LogP) is 3.28. The van der Waals surface area contributed by atoms with Gasteiger partial charge in [-0.1, -0.05) is 24.3 Å². The number of hydrogen-bond acceptors (Lipinski definition) is 5. The SMILES string of the molecule is COc1ccc2c(c1)C(S(=O)(=O)c1ccccc1)C(=O)N2c1ccccn1. The summed E-state index contributed by atoms with van der Waals surface area (Å²) in [5.41, 5.74) is 0.873. The first-order valence-corrected chi connectivity index (χ1v) is 9.80. The second-order valence-electron chi connectivity index (χ2n) is 6.02. The van der Waals surface area contributed by atoms with E-state index in [4.69, 9.17) is 4.74 Å². The molecule has 1 atom stereocenters. The van der Waals surface area contributed by atoms with Crippen molar-refractivity contribution in [1.29, 1.82) is 0 Å². The smallest absolute Gasteiger partial charge is 0.256 e. The number of anilines is 2. The number of pyridine rings is 1. The summed E-state index contributed by atoms with van der Waals surface area (Å²) in [6.45, 7) is 0. The van der Waals surface area contributed by atoms with Crippen molar-refractivity contribution in [2.75, 3.05) is 12.0 Å². The van der Waals surface area contributed by atoms with Crippen LogP contribution in [0.2, 0.25) is 0 Å². The monoisotopic (exact) mass is 380 g/mol. The Labute approximate surface area is 157 Å². The fraction of sp³-hybridized carbons (Fsp3) is 0.100. The van der Waals surface area contributed by atoms with Crippen molar-refractivity contribution in [3.05, 3.63) is 78.5 Å². The molecule has 2 aromatic carbocycles.